The molecular formula is C18H22N8O3. The first-order valence-corrected chi connectivity index (χ1v) is 9.80. The monoisotopic (exact) mass is 398 g/mol. The molecule has 11 heteroatoms. The minimum absolute atomic E-state index is 0.234. The zero-order valence-corrected chi connectivity index (χ0v) is 15.8. The van der Waals surface area contributed by atoms with Crippen molar-refractivity contribution in [3.05, 3.63) is 33.2 Å². The number of nitrogens with one attached hydrogen (secondary N) is 3. The summed E-state index contributed by atoms with van der Waals surface area (Å²) < 4.78 is 7.12. The minimum Gasteiger partial charge on any atom is -0.493 e. The van der Waals surface area contributed by atoms with Crippen molar-refractivity contribution in [2.24, 2.45) is 10.9 Å². The van der Waals surface area contributed by atoms with Crippen LogP contribution in [0.2, 0.25) is 0 Å². The summed E-state index contributed by atoms with van der Waals surface area (Å²) in [7, 11) is 0. The molecule has 0 bridgehead atoms. The van der Waals surface area contributed by atoms with Crippen LogP contribution in [0.3, 0.4) is 0 Å². The fraction of sp³-hybridized carbons (Fsp3) is 0.500. The van der Waals surface area contributed by atoms with Gasteiger partial charge in [-0.15, -0.1) is 0 Å². The van der Waals surface area contributed by atoms with Crippen LogP contribution in [0, 0.1) is 5.92 Å². The van der Waals surface area contributed by atoms with Crippen LogP contribution in [0.1, 0.15) is 31.4 Å². The molecule has 0 amide bonds. The number of aromatic hydroxyl groups is 1. The van der Waals surface area contributed by atoms with E-state index in [9.17, 15) is 9.90 Å². The topological polar surface area (TPSA) is 146 Å². The Morgan fingerprint density at radius 1 is 1.34 bits per heavy atom. The quantitative estimate of drug-likeness (QED) is 0.444. The number of ether oxygens (including phenoxy) is 1. The molecule has 4 heterocycles. The molecule has 152 valence electrons. The van der Waals surface area contributed by atoms with Gasteiger partial charge in [0.1, 0.15) is 5.69 Å². The number of fused-ring (bicyclic) bond motifs is 1. The fourth-order valence-corrected chi connectivity index (χ4v) is 3.36. The molecule has 1 aliphatic heterocycles. The number of hydrogen-bond donors (Lipinski definition) is 4. The molecule has 1 atom stereocenters. The summed E-state index contributed by atoms with van der Waals surface area (Å²) in [4.78, 5) is 30.0. The van der Waals surface area contributed by atoms with Crippen molar-refractivity contribution in [1.82, 2.24) is 29.5 Å². The minimum atomic E-state index is -0.485. The van der Waals surface area contributed by atoms with Crippen molar-refractivity contribution in [1.29, 1.82) is 0 Å². The molecule has 1 saturated heterocycles. The Balaban J connectivity index is 1.55. The van der Waals surface area contributed by atoms with Gasteiger partial charge in [-0.2, -0.15) is 19.6 Å². The number of rotatable bonds is 5. The second-order valence-corrected chi connectivity index (χ2v) is 7.49. The van der Waals surface area contributed by atoms with Crippen molar-refractivity contribution < 1.29 is 9.84 Å². The van der Waals surface area contributed by atoms with Gasteiger partial charge >= 0.3 is 5.69 Å². The highest BCUT2D eigenvalue weighted by Crippen LogP contribution is 2.22. The molecule has 0 aromatic carbocycles. The van der Waals surface area contributed by atoms with E-state index >= 15 is 0 Å². The normalized spacial score (nSPS) is 21.2. The van der Waals surface area contributed by atoms with Crippen LogP contribution in [0.5, 0.6) is 5.88 Å². The Kier molecular flexibility index (Phi) is 4.51. The lowest BCUT2D eigenvalue weighted by Gasteiger charge is -2.22. The number of anilines is 1. The maximum Gasteiger partial charge on any atom is 0.326 e. The molecule has 0 radical (unpaired) electrons. The molecule has 4 N–H and O–H groups in total. The number of aromatic amines is 2. The van der Waals surface area contributed by atoms with E-state index in [1.807, 2.05) is 0 Å². The third-order valence-corrected chi connectivity index (χ3v) is 5.06. The SMILES string of the molecule is O=c1[nH]c(O)c(/C=c2\cnn3c(=NC4CC4)nc(NCC4CCCOC4)nc23)[nH]1. The van der Waals surface area contributed by atoms with Gasteiger partial charge in [-0.25, -0.2) is 9.79 Å². The van der Waals surface area contributed by atoms with E-state index in [1.54, 1.807) is 16.8 Å². The zero-order valence-electron chi connectivity index (χ0n) is 15.8. The van der Waals surface area contributed by atoms with E-state index in [2.05, 4.69) is 35.3 Å². The van der Waals surface area contributed by atoms with E-state index in [-0.39, 0.29) is 17.6 Å². The smallest absolute Gasteiger partial charge is 0.326 e. The molecule has 1 unspecified atom stereocenters. The average molecular weight is 398 g/mol. The summed E-state index contributed by atoms with van der Waals surface area (Å²) >= 11 is 0. The molecule has 29 heavy (non-hydrogen) atoms. The molecule has 3 aromatic heterocycles. The number of H-pyrrole nitrogens is 2. The maximum atomic E-state index is 11.4. The van der Waals surface area contributed by atoms with Gasteiger partial charge in [0.05, 0.1) is 18.8 Å². The van der Waals surface area contributed by atoms with Crippen molar-refractivity contribution in [2.75, 3.05) is 25.1 Å². The molecule has 11 nitrogen and oxygen atoms in total. The van der Waals surface area contributed by atoms with Crippen LogP contribution in [0.4, 0.5) is 5.95 Å². The highest BCUT2D eigenvalue weighted by molar-refractivity contribution is 5.57. The average Bonchev–Trinajstić information content (AvgIpc) is 3.36. The molecule has 2 aliphatic rings. The van der Waals surface area contributed by atoms with Gasteiger partial charge in [0, 0.05) is 18.4 Å². The van der Waals surface area contributed by atoms with E-state index < -0.39 is 5.69 Å². The van der Waals surface area contributed by atoms with Gasteiger partial charge < -0.3 is 20.1 Å². The Hall–Kier alpha value is -3.21. The summed E-state index contributed by atoms with van der Waals surface area (Å²) in [6, 6.07) is 0.273. The van der Waals surface area contributed by atoms with Crippen LogP contribution in [-0.2, 0) is 4.74 Å². The van der Waals surface area contributed by atoms with Gasteiger partial charge in [0.15, 0.2) is 5.65 Å². The van der Waals surface area contributed by atoms with Crippen LogP contribution < -0.4 is 21.8 Å². The predicted molar refractivity (Wildman–Crippen MR) is 103 cm³/mol. The van der Waals surface area contributed by atoms with E-state index in [0.717, 1.165) is 45.4 Å². The largest absolute Gasteiger partial charge is 0.493 e. The first-order valence-electron chi connectivity index (χ1n) is 9.80. The Labute approximate surface area is 164 Å². The molecule has 1 saturated carbocycles. The lowest BCUT2D eigenvalue weighted by atomic mass is 10.0. The molecule has 0 spiro atoms. The standard InChI is InChI=1S/C18H22N8O3/c27-15-13(22-18(28)24-15)6-11-8-20-26-14(11)23-16(25-17(26)21-12-3-4-12)19-7-10-2-1-5-29-9-10/h6,8,10,12,27H,1-5,7,9H2,(H,19,21,25)(H2,22,24,28)/b11-6+. The Bertz CT molecular complexity index is 1200. The van der Waals surface area contributed by atoms with Gasteiger partial charge in [0.2, 0.25) is 11.8 Å². The Morgan fingerprint density at radius 3 is 2.97 bits per heavy atom. The lowest BCUT2D eigenvalue weighted by Crippen LogP contribution is -2.28. The Morgan fingerprint density at radius 2 is 2.24 bits per heavy atom. The summed E-state index contributed by atoms with van der Waals surface area (Å²) in [6.07, 6.45) is 7.50. The van der Waals surface area contributed by atoms with Gasteiger partial charge in [-0.05, 0) is 37.7 Å². The summed E-state index contributed by atoms with van der Waals surface area (Å²) in [5, 5.41) is 18.1. The third kappa shape index (κ3) is 3.86. The number of imidazole rings is 1. The highest BCUT2D eigenvalue weighted by atomic mass is 16.5. The molecule has 5 rings (SSSR count). The zero-order chi connectivity index (χ0) is 19.8. The number of aromatic nitrogens is 6. The molecule has 1 aliphatic carbocycles. The van der Waals surface area contributed by atoms with E-state index in [1.165, 1.54) is 0 Å². The van der Waals surface area contributed by atoms with E-state index in [0.29, 0.717) is 28.4 Å². The van der Waals surface area contributed by atoms with Crippen molar-refractivity contribution in [3.8, 4) is 5.88 Å². The van der Waals surface area contributed by atoms with Crippen molar-refractivity contribution >= 4 is 17.7 Å². The van der Waals surface area contributed by atoms with Gasteiger partial charge in [0.25, 0.3) is 5.62 Å². The maximum absolute atomic E-state index is 11.4. The van der Waals surface area contributed by atoms with E-state index in [4.69, 9.17) is 4.74 Å². The van der Waals surface area contributed by atoms with Crippen molar-refractivity contribution in [2.45, 2.75) is 31.7 Å². The summed E-state index contributed by atoms with van der Waals surface area (Å²) in [6.45, 7) is 2.28. The lowest BCUT2D eigenvalue weighted by molar-refractivity contribution is 0.0594. The van der Waals surface area contributed by atoms with Crippen molar-refractivity contribution in [3.63, 3.8) is 0 Å². The number of hydrogen-bond acceptors (Lipinski definition) is 8. The highest BCUT2D eigenvalue weighted by Gasteiger charge is 2.21. The third-order valence-electron chi connectivity index (χ3n) is 5.06. The molecule has 2 fully saturated rings. The number of nitrogens with zero attached hydrogens (tertiary/aromatic N) is 5. The predicted octanol–water partition coefficient (Wildman–Crippen LogP) is -0.704. The van der Waals surface area contributed by atoms with Crippen LogP contribution in [-0.4, -0.2) is 60.5 Å². The summed E-state index contributed by atoms with van der Waals surface area (Å²) in [5.74, 6) is 0.663. The van der Waals surface area contributed by atoms with Crippen LogP contribution in [0.25, 0.3) is 11.7 Å². The second-order valence-electron chi connectivity index (χ2n) is 7.49. The van der Waals surface area contributed by atoms with Gasteiger partial charge in [-0.1, -0.05) is 0 Å². The molecule has 3 aromatic rings. The second kappa shape index (κ2) is 7.32. The van der Waals surface area contributed by atoms with Crippen LogP contribution in [0.15, 0.2) is 16.0 Å². The first-order chi connectivity index (χ1) is 14.2. The molecular weight excluding hydrogens is 376 g/mol. The summed E-state index contributed by atoms with van der Waals surface area (Å²) in [5.41, 5.74) is 0.814. The first kappa shape index (κ1) is 17.9. The van der Waals surface area contributed by atoms with Gasteiger partial charge in [-0.3, -0.25) is 4.98 Å². The fourth-order valence-electron chi connectivity index (χ4n) is 3.36. The van der Waals surface area contributed by atoms with Crippen LogP contribution >= 0.6 is 0 Å².